The molecule has 0 N–H and O–H groups in total. The zero-order chi connectivity index (χ0) is 11.1. The van der Waals surface area contributed by atoms with E-state index in [0.29, 0.717) is 13.0 Å². The van der Waals surface area contributed by atoms with Crippen molar-refractivity contribution in [3.05, 3.63) is 0 Å². The van der Waals surface area contributed by atoms with Crippen molar-refractivity contribution in [2.24, 2.45) is 0 Å². The first kappa shape index (κ1) is 12.5. The van der Waals surface area contributed by atoms with Crippen LogP contribution in [0.3, 0.4) is 0 Å². The van der Waals surface area contributed by atoms with Crippen molar-refractivity contribution >= 4 is 5.97 Å². The van der Waals surface area contributed by atoms with Crippen LogP contribution in [0.1, 0.15) is 33.1 Å². The van der Waals surface area contributed by atoms with Crippen molar-refractivity contribution in [2.45, 2.75) is 45.3 Å². The maximum atomic E-state index is 11.5. The molecule has 88 valence electrons. The number of carbonyl (C=O) groups excluding carboxylic acids is 1. The molecule has 0 bridgehead atoms. The third-order valence-corrected chi connectivity index (χ3v) is 2.45. The largest absolute Gasteiger partial charge is 0.464 e. The Morgan fingerprint density at radius 2 is 2.07 bits per heavy atom. The van der Waals surface area contributed by atoms with Crippen LogP contribution in [-0.4, -0.2) is 38.0 Å². The van der Waals surface area contributed by atoms with Gasteiger partial charge in [0.2, 0.25) is 0 Å². The predicted octanol–water partition coefficient (Wildman–Crippen LogP) is 1.52. The van der Waals surface area contributed by atoms with E-state index in [0.717, 1.165) is 26.1 Å². The molecule has 0 radical (unpaired) electrons. The fraction of sp³-hybridized carbons (Fsp3) is 0.909. The van der Waals surface area contributed by atoms with Crippen LogP contribution in [0.2, 0.25) is 0 Å². The standard InChI is InChI=1S/C11H20O4/c1-3-10(11(12)14-4-2)15-9-5-7-13-8-6-9/h9-10H,3-8H2,1-2H3. The molecule has 1 fully saturated rings. The van der Waals surface area contributed by atoms with E-state index >= 15 is 0 Å². The first-order valence-corrected chi connectivity index (χ1v) is 5.67. The van der Waals surface area contributed by atoms with Crippen LogP contribution in [0, 0.1) is 0 Å². The Hall–Kier alpha value is -0.610. The molecule has 15 heavy (non-hydrogen) atoms. The molecule has 1 aliphatic heterocycles. The zero-order valence-corrected chi connectivity index (χ0v) is 9.53. The summed E-state index contributed by atoms with van der Waals surface area (Å²) in [5, 5.41) is 0. The summed E-state index contributed by atoms with van der Waals surface area (Å²) in [6.07, 6.45) is 2.14. The summed E-state index contributed by atoms with van der Waals surface area (Å²) in [5.74, 6) is -0.244. The summed E-state index contributed by atoms with van der Waals surface area (Å²) < 4.78 is 15.9. The second-order valence-corrected chi connectivity index (χ2v) is 3.60. The van der Waals surface area contributed by atoms with Crippen molar-refractivity contribution < 1.29 is 19.0 Å². The van der Waals surface area contributed by atoms with Crippen LogP contribution in [0.15, 0.2) is 0 Å². The van der Waals surface area contributed by atoms with Gasteiger partial charge in [-0.05, 0) is 26.2 Å². The molecular formula is C11H20O4. The Bertz CT molecular complexity index is 187. The van der Waals surface area contributed by atoms with E-state index in [1.54, 1.807) is 6.92 Å². The third-order valence-electron chi connectivity index (χ3n) is 2.45. The van der Waals surface area contributed by atoms with Crippen LogP contribution >= 0.6 is 0 Å². The summed E-state index contributed by atoms with van der Waals surface area (Å²) in [5.41, 5.74) is 0. The molecule has 1 saturated heterocycles. The van der Waals surface area contributed by atoms with Gasteiger partial charge in [-0.2, -0.15) is 0 Å². The van der Waals surface area contributed by atoms with E-state index in [1.807, 2.05) is 6.92 Å². The van der Waals surface area contributed by atoms with E-state index in [-0.39, 0.29) is 12.1 Å². The molecule has 0 aromatic rings. The van der Waals surface area contributed by atoms with Crippen LogP contribution in [0.4, 0.5) is 0 Å². The van der Waals surface area contributed by atoms with Gasteiger partial charge >= 0.3 is 5.97 Å². The lowest BCUT2D eigenvalue weighted by molar-refractivity contribution is -0.164. The quantitative estimate of drug-likeness (QED) is 0.654. The van der Waals surface area contributed by atoms with Gasteiger partial charge in [0.15, 0.2) is 6.10 Å². The Kier molecular flexibility index (Phi) is 5.65. The van der Waals surface area contributed by atoms with Gasteiger partial charge in [0, 0.05) is 13.2 Å². The van der Waals surface area contributed by atoms with Gasteiger partial charge in [-0.15, -0.1) is 0 Å². The van der Waals surface area contributed by atoms with Crippen molar-refractivity contribution in [3.63, 3.8) is 0 Å². The van der Waals surface area contributed by atoms with Crippen molar-refractivity contribution in [3.8, 4) is 0 Å². The Morgan fingerprint density at radius 1 is 1.40 bits per heavy atom. The number of carbonyl (C=O) groups is 1. The topological polar surface area (TPSA) is 44.8 Å². The Balaban J connectivity index is 2.34. The van der Waals surface area contributed by atoms with Crippen LogP contribution in [-0.2, 0) is 19.0 Å². The van der Waals surface area contributed by atoms with Crippen LogP contribution < -0.4 is 0 Å². The zero-order valence-electron chi connectivity index (χ0n) is 9.53. The highest BCUT2D eigenvalue weighted by atomic mass is 16.6. The molecule has 1 rings (SSSR count). The van der Waals surface area contributed by atoms with E-state index < -0.39 is 6.10 Å². The van der Waals surface area contributed by atoms with Gasteiger partial charge in [-0.3, -0.25) is 0 Å². The minimum absolute atomic E-state index is 0.146. The normalized spacial score (nSPS) is 19.9. The molecule has 4 nitrogen and oxygen atoms in total. The first-order chi connectivity index (χ1) is 7.27. The minimum atomic E-state index is -0.409. The Morgan fingerprint density at radius 3 is 2.60 bits per heavy atom. The van der Waals surface area contributed by atoms with Crippen molar-refractivity contribution in [2.75, 3.05) is 19.8 Å². The molecule has 0 aromatic heterocycles. The van der Waals surface area contributed by atoms with Gasteiger partial charge < -0.3 is 14.2 Å². The first-order valence-electron chi connectivity index (χ1n) is 5.67. The lowest BCUT2D eigenvalue weighted by Crippen LogP contribution is -2.33. The minimum Gasteiger partial charge on any atom is -0.464 e. The maximum Gasteiger partial charge on any atom is 0.335 e. The summed E-state index contributed by atoms with van der Waals surface area (Å²) >= 11 is 0. The smallest absolute Gasteiger partial charge is 0.335 e. The lowest BCUT2D eigenvalue weighted by atomic mass is 10.1. The number of ether oxygens (including phenoxy) is 3. The maximum absolute atomic E-state index is 11.5. The van der Waals surface area contributed by atoms with E-state index in [1.165, 1.54) is 0 Å². The lowest BCUT2D eigenvalue weighted by Gasteiger charge is -2.26. The van der Waals surface area contributed by atoms with Crippen molar-refractivity contribution in [1.29, 1.82) is 0 Å². The molecule has 0 aliphatic carbocycles. The number of hydrogen-bond donors (Lipinski definition) is 0. The predicted molar refractivity (Wildman–Crippen MR) is 55.6 cm³/mol. The molecule has 1 aliphatic rings. The molecular weight excluding hydrogens is 196 g/mol. The van der Waals surface area contributed by atoms with E-state index in [9.17, 15) is 4.79 Å². The van der Waals surface area contributed by atoms with Gasteiger partial charge in [0.05, 0.1) is 12.7 Å². The number of rotatable bonds is 5. The number of hydrogen-bond acceptors (Lipinski definition) is 4. The highest BCUT2D eigenvalue weighted by molar-refractivity contribution is 5.74. The van der Waals surface area contributed by atoms with Crippen molar-refractivity contribution in [1.82, 2.24) is 0 Å². The highest BCUT2D eigenvalue weighted by Crippen LogP contribution is 2.15. The van der Waals surface area contributed by atoms with Gasteiger partial charge in [-0.25, -0.2) is 4.79 Å². The second kappa shape index (κ2) is 6.80. The third kappa shape index (κ3) is 4.18. The molecule has 0 saturated carbocycles. The fourth-order valence-corrected chi connectivity index (χ4v) is 1.60. The van der Waals surface area contributed by atoms with E-state index in [2.05, 4.69) is 0 Å². The summed E-state index contributed by atoms with van der Waals surface area (Å²) in [6, 6.07) is 0. The fourth-order valence-electron chi connectivity index (χ4n) is 1.60. The van der Waals surface area contributed by atoms with Crippen LogP contribution in [0.5, 0.6) is 0 Å². The highest BCUT2D eigenvalue weighted by Gasteiger charge is 2.24. The average molecular weight is 216 g/mol. The molecule has 1 heterocycles. The van der Waals surface area contributed by atoms with Gasteiger partial charge in [0.25, 0.3) is 0 Å². The molecule has 0 amide bonds. The summed E-state index contributed by atoms with van der Waals surface area (Å²) in [6.45, 7) is 5.60. The Labute approximate surface area is 90.9 Å². The SMILES string of the molecule is CCOC(=O)C(CC)OC1CCOCC1. The average Bonchev–Trinajstić information content (AvgIpc) is 2.27. The second-order valence-electron chi connectivity index (χ2n) is 3.60. The molecule has 0 spiro atoms. The molecule has 4 heteroatoms. The molecule has 0 aromatic carbocycles. The number of esters is 1. The van der Waals surface area contributed by atoms with E-state index in [4.69, 9.17) is 14.2 Å². The summed E-state index contributed by atoms with van der Waals surface area (Å²) in [4.78, 5) is 11.5. The molecule has 1 atom stereocenters. The monoisotopic (exact) mass is 216 g/mol. The van der Waals surface area contributed by atoms with Gasteiger partial charge in [0.1, 0.15) is 0 Å². The van der Waals surface area contributed by atoms with Gasteiger partial charge in [-0.1, -0.05) is 6.92 Å². The summed E-state index contributed by atoms with van der Waals surface area (Å²) in [7, 11) is 0. The molecule has 1 unspecified atom stereocenters. The van der Waals surface area contributed by atoms with Crippen LogP contribution in [0.25, 0.3) is 0 Å².